The van der Waals surface area contributed by atoms with E-state index in [1.54, 1.807) is 13.8 Å². The van der Waals surface area contributed by atoms with Crippen LogP contribution in [0.2, 0.25) is 0 Å². The zero-order chi connectivity index (χ0) is 18.6. The predicted molar refractivity (Wildman–Crippen MR) is 95.9 cm³/mol. The Kier molecular flexibility index (Phi) is 5.82. The van der Waals surface area contributed by atoms with Crippen LogP contribution in [-0.4, -0.2) is 34.8 Å². The van der Waals surface area contributed by atoms with Crippen molar-refractivity contribution in [3.63, 3.8) is 0 Å². The van der Waals surface area contributed by atoms with E-state index in [1.165, 1.54) is 10.5 Å². The summed E-state index contributed by atoms with van der Waals surface area (Å²) in [7, 11) is 0. The van der Waals surface area contributed by atoms with Crippen LogP contribution in [0.5, 0.6) is 0 Å². The zero-order valence-corrected chi connectivity index (χ0v) is 15.4. The molecule has 0 spiro atoms. The summed E-state index contributed by atoms with van der Waals surface area (Å²) in [6.45, 7) is 7.64. The van der Waals surface area contributed by atoms with Gasteiger partial charge < -0.3 is 10.6 Å². The maximum Gasteiger partial charge on any atom is 0.325 e. The molecule has 1 aliphatic heterocycles. The van der Waals surface area contributed by atoms with Crippen LogP contribution in [0.3, 0.4) is 0 Å². The van der Waals surface area contributed by atoms with E-state index in [4.69, 9.17) is 0 Å². The van der Waals surface area contributed by atoms with Crippen LogP contribution in [0.25, 0.3) is 0 Å². The molecule has 6 heteroatoms. The Balaban J connectivity index is 1.78. The number of benzene rings is 1. The molecular weight excluding hydrogens is 318 g/mol. The summed E-state index contributed by atoms with van der Waals surface area (Å²) in [5, 5.41) is 5.59. The number of amides is 4. The normalized spacial score (nSPS) is 17.4. The maximum atomic E-state index is 12.1. The van der Waals surface area contributed by atoms with Crippen molar-refractivity contribution in [3.8, 4) is 0 Å². The summed E-state index contributed by atoms with van der Waals surface area (Å²) >= 11 is 0. The summed E-state index contributed by atoms with van der Waals surface area (Å²) in [6.07, 6.45) is 1.71. The number of rotatable bonds is 7. The SMILES string of the molecule is CCc1ccc([C@@H](C)NC(=O)CCCN2C(=O)NC(C)(C)C2=O)cc1. The molecule has 136 valence electrons. The van der Waals surface area contributed by atoms with Crippen LogP contribution in [-0.2, 0) is 16.0 Å². The molecule has 1 atom stereocenters. The van der Waals surface area contributed by atoms with Gasteiger partial charge in [-0.15, -0.1) is 0 Å². The van der Waals surface area contributed by atoms with E-state index in [1.807, 2.05) is 19.1 Å². The van der Waals surface area contributed by atoms with Crippen molar-refractivity contribution in [2.75, 3.05) is 6.54 Å². The molecule has 2 rings (SSSR count). The fraction of sp³-hybridized carbons (Fsp3) is 0.526. The van der Waals surface area contributed by atoms with Crippen LogP contribution >= 0.6 is 0 Å². The molecular formula is C19H27N3O3. The van der Waals surface area contributed by atoms with E-state index < -0.39 is 5.54 Å². The van der Waals surface area contributed by atoms with E-state index in [2.05, 4.69) is 29.7 Å². The van der Waals surface area contributed by atoms with Crippen LogP contribution < -0.4 is 10.6 Å². The Morgan fingerprint density at radius 1 is 1.24 bits per heavy atom. The number of carbonyl (C=O) groups is 3. The van der Waals surface area contributed by atoms with E-state index in [0.29, 0.717) is 6.42 Å². The van der Waals surface area contributed by atoms with Gasteiger partial charge in [-0.05, 0) is 44.7 Å². The highest BCUT2D eigenvalue weighted by Gasteiger charge is 2.43. The number of urea groups is 1. The van der Waals surface area contributed by atoms with Crippen molar-refractivity contribution >= 4 is 17.8 Å². The van der Waals surface area contributed by atoms with E-state index >= 15 is 0 Å². The molecule has 1 fully saturated rings. The molecule has 4 amide bonds. The second-order valence-electron chi connectivity index (χ2n) is 7.00. The van der Waals surface area contributed by atoms with Crippen LogP contribution in [0.15, 0.2) is 24.3 Å². The first-order chi connectivity index (χ1) is 11.7. The van der Waals surface area contributed by atoms with Gasteiger partial charge in [0.2, 0.25) is 5.91 Å². The third-order valence-corrected chi connectivity index (χ3v) is 4.50. The number of hydrogen-bond donors (Lipinski definition) is 2. The molecule has 25 heavy (non-hydrogen) atoms. The number of nitrogens with one attached hydrogen (secondary N) is 2. The molecule has 0 bridgehead atoms. The highest BCUT2D eigenvalue weighted by atomic mass is 16.2. The van der Waals surface area contributed by atoms with Gasteiger partial charge in [0.25, 0.3) is 5.91 Å². The Morgan fingerprint density at radius 3 is 2.40 bits per heavy atom. The van der Waals surface area contributed by atoms with Gasteiger partial charge in [0.15, 0.2) is 0 Å². The lowest BCUT2D eigenvalue weighted by Crippen LogP contribution is -2.40. The average Bonchev–Trinajstić information content (AvgIpc) is 2.76. The molecule has 1 heterocycles. The largest absolute Gasteiger partial charge is 0.350 e. The zero-order valence-electron chi connectivity index (χ0n) is 15.4. The minimum atomic E-state index is -0.863. The Hall–Kier alpha value is -2.37. The van der Waals surface area contributed by atoms with Gasteiger partial charge in [-0.3, -0.25) is 14.5 Å². The third kappa shape index (κ3) is 4.59. The highest BCUT2D eigenvalue weighted by molar-refractivity contribution is 6.06. The topological polar surface area (TPSA) is 78.5 Å². The van der Waals surface area contributed by atoms with Gasteiger partial charge in [0.1, 0.15) is 5.54 Å². The van der Waals surface area contributed by atoms with Crippen molar-refractivity contribution in [2.45, 2.75) is 58.5 Å². The standard InChI is InChI=1S/C19H27N3O3/c1-5-14-8-10-15(11-9-14)13(2)20-16(23)7-6-12-22-17(24)19(3,4)21-18(22)25/h8-11,13H,5-7,12H2,1-4H3,(H,20,23)(H,21,25)/t13-/m1/s1. The fourth-order valence-corrected chi connectivity index (χ4v) is 2.86. The summed E-state index contributed by atoms with van der Waals surface area (Å²) in [5.74, 6) is -0.333. The molecule has 1 aliphatic rings. The molecule has 6 nitrogen and oxygen atoms in total. The van der Waals surface area contributed by atoms with Gasteiger partial charge >= 0.3 is 6.03 Å². The molecule has 1 aromatic carbocycles. The minimum absolute atomic E-state index is 0.0749. The first-order valence-electron chi connectivity index (χ1n) is 8.77. The van der Waals surface area contributed by atoms with Crippen molar-refractivity contribution in [2.24, 2.45) is 0 Å². The van der Waals surface area contributed by atoms with Gasteiger partial charge in [0, 0.05) is 13.0 Å². The molecule has 0 aliphatic carbocycles. The molecule has 1 aromatic rings. The average molecular weight is 345 g/mol. The first kappa shape index (κ1) is 19.0. The van der Waals surface area contributed by atoms with Crippen molar-refractivity contribution < 1.29 is 14.4 Å². The van der Waals surface area contributed by atoms with Gasteiger partial charge in [-0.1, -0.05) is 31.2 Å². The summed E-state index contributed by atoms with van der Waals surface area (Å²) in [4.78, 5) is 37.1. The lowest BCUT2D eigenvalue weighted by Gasteiger charge is -2.17. The summed E-state index contributed by atoms with van der Waals surface area (Å²) in [6, 6.07) is 7.72. The predicted octanol–water partition coefficient (Wildman–Crippen LogP) is 2.54. The van der Waals surface area contributed by atoms with Gasteiger partial charge in [-0.2, -0.15) is 0 Å². The molecule has 0 radical (unpaired) electrons. The van der Waals surface area contributed by atoms with Crippen molar-refractivity contribution in [3.05, 3.63) is 35.4 Å². The number of carbonyl (C=O) groups excluding carboxylic acids is 3. The number of imide groups is 1. The molecule has 1 saturated heterocycles. The number of aryl methyl sites for hydroxylation is 1. The smallest absolute Gasteiger partial charge is 0.325 e. The first-order valence-corrected chi connectivity index (χ1v) is 8.77. The van der Waals surface area contributed by atoms with Gasteiger partial charge in [-0.25, -0.2) is 4.79 Å². The fourth-order valence-electron chi connectivity index (χ4n) is 2.86. The van der Waals surface area contributed by atoms with E-state index in [-0.39, 0.29) is 36.9 Å². The lowest BCUT2D eigenvalue weighted by molar-refractivity contribution is -0.130. The molecule has 0 unspecified atom stereocenters. The van der Waals surface area contributed by atoms with Gasteiger partial charge in [0.05, 0.1) is 6.04 Å². The number of nitrogens with zero attached hydrogens (tertiary/aromatic N) is 1. The summed E-state index contributed by atoms with van der Waals surface area (Å²) < 4.78 is 0. The lowest BCUT2D eigenvalue weighted by atomic mass is 10.0. The van der Waals surface area contributed by atoms with Crippen molar-refractivity contribution in [1.29, 1.82) is 0 Å². The minimum Gasteiger partial charge on any atom is -0.350 e. The maximum absolute atomic E-state index is 12.1. The Bertz CT molecular complexity index is 652. The second-order valence-corrected chi connectivity index (χ2v) is 7.00. The summed E-state index contributed by atoms with van der Waals surface area (Å²) in [5.41, 5.74) is 1.46. The van der Waals surface area contributed by atoms with Crippen LogP contribution in [0.4, 0.5) is 4.79 Å². The van der Waals surface area contributed by atoms with Crippen molar-refractivity contribution in [1.82, 2.24) is 15.5 Å². The Labute approximate surface area is 149 Å². The van der Waals surface area contributed by atoms with Crippen LogP contribution in [0, 0.1) is 0 Å². The number of hydrogen-bond acceptors (Lipinski definition) is 3. The molecule has 2 N–H and O–H groups in total. The molecule has 0 saturated carbocycles. The Morgan fingerprint density at radius 2 is 1.88 bits per heavy atom. The van der Waals surface area contributed by atoms with Crippen LogP contribution in [0.1, 0.15) is 57.7 Å². The van der Waals surface area contributed by atoms with E-state index in [9.17, 15) is 14.4 Å². The second kappa shape index (κ2) is 7.68. The molecule has 0 aromatic heterocycles. The highest BCUT2D eigenvalue weighted by Crippen LogP contribution is 2.17. The van der Waals surface area contributed by atoms with E-state index in [0.717, 1.165) is 12.0 Å². The third-order valence-electron chi connectivity index (χ3n) is 4.50. The monoisotopic (exact) mass is 345 g/mol. The quantitative estimate of drug-likeness (QED) is 0.746.